The molecule has 0 radical (unpaired) electrons. The van der Waals surface area contributed by atoms with Crippen LogP contribution >= 0.6 is 24.0 Å². The lowest BCUT2D eigenvalue weighted by molar-refractivity contribution is -0.112. The number of aryl methyl sites for hydroxylation is 1. The van der Waals surface area contributed by atoms with Crippen LogP contribution in [0.3, 0.4) is 0 Å². The van der Waals surface area contributed by atoms with E-state index in [0.29, 0.717) is 23.9 Å². The molecule has 0 bridgehead atoms. The maximum Gasteiger partial charge on any atom is 0.335 e. The number of hydrazone groups is 1. The summed E-state index contributed by atoms with van der Waals surface area (Å²) in [4.78, 5) is 27.3. The molecule has 0 saturated carbocycles. The van der Waals surface area contributed by atoms with E-state index in [2.05, 4.69) is 22.8 Å². The highest BCUT2D eigenvalue weighted by molar-refractivity contribution is 7.99. The van der Waals surface area contributed by atoms with Crippen molar-refractivity contribution in [3.63, 3.8) is 0 Å². The SMILES string of the molecule is CCCCCN1C(=O)/C(=N\NC(=S)NCc2ccccc2)c2cc(SCCc3ccc(C(=O)O)cc3)ccc21. The molecule has 9 heteroatoms. The number of anilines is 1. The number of carbonyl (C=O) groups excluding carboxylic acids is 1. The highest BCUT2D eigenvalue weighted by atomic mass is 32.2. The highest BCUT2D eigenvalue weighted by Gasteiger charge is 2.34. The standard InChI is InChI=1S/C30H32N4O3S2/c1-2-3-7-17-34-26-15-14-24(39-18-16-21-10-12-23(13-11-21)29(36)37)19-25(26)27(28(34)35)32-33-30(38)31-20-22-8-5-4-6-9-22/h4-6,8-15,19H,2-3,7,16-18,20H2,1H3,(H,36,37)(H2,31,33,38)/b32-27-. The number of rotatable bonds is 12. The number of thiocarbonyl (C=S) groups is 1. The zero-order chi connectivity index (χ0) is 27.6. The zero-order valence-electron chi connectivity index (χ0n) is 21.9. The first kappa shape index (κ1) is 28.3. The van der Waals surface area contributed by atoms with Crippen molar-refractivity contribution in [2.45, 2.75) is 44.0 Å². The van der Waals surface area contributed by atoms with Gasteiger partial charge in [-0.15, -0.1) is 11.8 Å². The van der Waals surface area contributed by atoms with Crippen LogP contribution in [0.4, 0.5) is 5.69 Å². The molecular weight excluding hydrogens is 528 g/mol. The van der Waals surface area contributed by atoms with Crippen LogP contribution in [0.5, 0.6) is 0 Å². The number of hydrogen-bond acceptors (Lipinski definition) is 5. The number of thioether (sulfide) groups is 1. The van der Waals surface area contributed by atoms with Gasteiger partial charge in [0.15, 0.2) is 10.8 Å². The maximum atomic E-state index is 13.4. The Balaban J connectivity index is 1.44. The van der Waals surface area contributed by atoms with Crippen LogP contribution < -0.4 is 15.6 Å². The van der Waals surface area contributed by atoms with E-state index in [4.69, 9.17) is 17.3 Å². The van der Waals surface area contributed by atoms with Crippen molar-refractivity contribution in [1.29, 1.82) is 0 Å². The summed E-state index contributed by atoms with van der Waals surface area (Å²) < 4.78 is 0. The van der Waals surface area contributed by atoms with Crippen LogP contribution in [-0.4, -0.2) is 40.1 Å². The van der Waals surface area contributed by atoms with Crippen molar-refractivity contribution in [2.75, 3.05) is 17.2 Å². The monoisotopic (exact) mass is 560 g/mol. The number of carboxylic acid groups (broad SMARTS) is 1. The van der Waals surface area contributed by atoms with E-state index in [1.54, 1.807) is 23.9 Å². The third-order valence-corrected chi connectivity index (χ3v) is 7.60. The number of aromatic carboxylic acids is 1. The Morgan fingerprint density at radius 2 is 1.79 bits per heavy atom. The molecule has 1 heterocycles. The van der Waals surface area contributed by atoms with Crippen LogP contribution in [0.15, 0.2) is 82.8 Å². The summed E-state index contributed by atoms with van der Waals surface area (Å²) in [5.74, 6) is -0.232. The van der Waals surface area contributed by atoms with Crippen molar-refractivity contribution < 1.29 is 14.7 Å². The van der Waals surface area contributed by atoms with Crippen molar-refractivity contribution in [3.8, 4) is 0 Å². The fraction of sp³-hybridized carbons (Fsp3) is 0.267. The van der Waals surface area contributed by atoms with Crippen LogP contribution in [0.25, 0.3) is 0 Å². The van der Waals surface area contributed by atoms with Gasteiger partial charge in [0, 0.05) is 29.3 Å². The Labute approximate surface area is 238 Å². The fourth-order valence-corrected chi connectivity index (χ4v) is 5.31. The summed E-state index contributed by atoms with van der Waals surface area (Å²) in [5.41, 5.74) is 7.35. The summed E-state index contributed by atoms with van der Waals surface area (Å²) >= 11 is 7.09. The Morgan fingerprint density at radius 1 is 1.03 bits per heavy atom. The Kier molecular flexibility index (Phi) is 10.1. The van der Waals surface area contributed by atoms with Gasteiger partial charge >= 0.3 is 5.97 Å². The third-order valence-electron chi connectivity index (χ3n) is 6.37. The van der Waals surface area contributed by atoms with Crippen LogP contribution in [0, 0.1) is 0 Å². The van der Waals surface area contributed by atoms with Gasteiger partial charge in [-0.2, -0.15) is 5.10 Å². The molecule has 1 amide bonds. The summed E-state index contributed by atoms with van der Waals surface area (Å²) in [6, 6.07) is 23.0. The van der Waals surface area contributed by atoms with Crippen LogP contribution in [-0.2, 0) is 17.8 Å². The first-order valence-corrected chi connectivity index (χ1v) is 14.4. The van der Waals surface area contributed by atoms with E-state index in [9.17, 15) is 9.59 Å². The molecule has 1 aliphatic heterocycles. The molecular formula is C30H32N4O3S2. The number of nitrogens with one attached hydrogen (secondary N) is 2. The average Bonchev–Trinajstić information content (AvgIpc) is 3.21. The summed E-state index contributed by atoms with van der Waals surface area (Å²) in [6.07, 6.45) is 3.86. The van der Waals surface area contributed by atoms with E-state index in [0.717, 1.165) is 58.7 Å². The highest BCUT2D eigenvalue weighted by Crippen LogP contribution is 2.33. The lowest BCUT2D eigenvalue weighted by Crippen LogP contribution is -2.35. The van der Waals surface area contributed by atoms with Gasteiger partial charge < -0.3 is 15.3 Å². The molecule has 4 rings (SSSR count). The number of fused-ring (bicyclic) bond motifs is 1. The number of carbonyl (C=O) groups is 2. The van der Waals surface area contributed by atoms with E-state index in [-0.39, 0.29) is 11.5 Å². The molecule has 3 aromatic rings. The number of carboxylic acids is 1. The quantitative estimate of drug-likeness (QED) is 0.114. The molecule has 0 spiro atoms. The molecule has 0 aliphatic carbocycles. The normalized spacial score (nSPS) is 13.4. The number of hydrogen-bond donors (Lipinski definition) is 3. The Bertz CT molecular complexity index is 1340. The molecule has 0 aromatic heterocycles. The summed E-state index contributed by atoms with van der Waals surface area (Å²) in [7, 11) is 0. The Morgan fingerprint density at radius 3 is 2.51 bits per heavy atom. The van der Waals surface area contributed by atoms with E-state index in [1.807, 2.05) is 65.6 Å². The van der Waals surface area contributed by atoms with Gasteiger partial charge in [0.05, 0.1) is 11.3 Å². The lowest BCUT2D eigenvalue weighted by Gasteiger charge is -2.16. The summed E-state index contributed by atoms with van der Waals surface area (Å²) in [5, 5.41) is 17.0. The average molecular weight is 561 g/mol. The molecule has 202 valence electrons. The third kappa shape index (κ3) is 7.68. The van der Waals surface area contributed by atoms with Gasteiger partial charge in [0.25, 0.3) is 5.91 Å². The smallest absolute Gasteiger partial charge is 0.335 e. The van der Waals surface area contributed by atoms with Crippen LogP contribution in [0.1, 0.15) is 53.2 Å². The maximum absolute atomic E-state index is 13.4. The second-order valence-electron chi connectivity index (χ2n) is 9.18. The molecule has 0 unspecified atom stereocenters. The summed E-state index contributed by atoms with van der Waals surface area (Å²) in [6.45, 7) is 3.35. The molecule has 0 fully saturated rings. The van der Waals surface area contributed by atoms with Crippen molar-refractivity contribution in [3.05, 3.63) is 95.1 Å². The molecule has 1 aliphatic rings. The number of nitrogens with zero attached hydrogens (tertiary/aromatic N) is 2. The minimum atomic E-state index is -0.924. The van der Waals surface area contributed by atoms with Crippen molar-refractivity contribution in [1.82, 2.24) is 10.7 Å². The predicted molar refractivity (Wildman–Crippen MR) is 162 cm³/mol. The second-order valence-corrected chi connectivity index (χ2v) is 10.8. The predicted octanol–water partition coefficient (Wildman–Crippen LogP) is 5.62. The minimum Gasteiger partial charge on any atom is -0.478 e. The van der Waals surface area contributed by atoms with Gasteiger partial charge in [-0.1, -0.05) is 62.2 Å². The molecule has 3 N–H and O–H groups in total. The van der Waals surface area contributed by atoms with Gasteiger partial charge in [-0.3, -0.25) is 10.2 Å². The molecule has 0 atom stereocenters. The van der Waals surface area contributed by atoms with E-state index < -0.39 is 5.97 Å². The number of benzene rings is 3. The minimum absolute atomic E-state index is 0.125. The Hall–Kier alpha value is -3.69. The van der Waals surface area contributed by atoms with Gasteiger partial charge in [-0.25, -0.2) is 4.79 Å². The molecule has 0 saturated heterocycles. The molecule has 7 nitrogen and oxygen atoms in total. The van der Waals surface area contributed by atoms with Crippen molar-refractivity contribution in [2.24, 2.45) is 5.10 Å². The molecule has 3 aromatic carbocycles. The lowest BCUT2D eigenvalue weighted by atomic mass is 10.1. The first-order chi connectivity index (χ1) is 19.0. The van der Waals surface area contributed by atoms with Gasteiger partial charge in [-0.05, 0) is 66.5 Å². The van der Waals surface area contributed by atoms with Crippen molar-refractivity contribution >= 4 is 52.4 Å². The largest absolute Gasteiger partial charge is 0.478 e. The number of amides is 1. The van der Waals surface area contributed by atoms with Crippen LogP contribution in [0.2, 0.25) is 0 Å². The molecule has 39 heavy (non-hydrogen) atoms. The van der Waals surface area contributed by atoms with Gasteiger partial charge in [0.1, 0.15) is 0 Å². The second kappa shape index (κ2) is 13.9. The van der Waals surface area contributed by atoms with E-state index in [1.165, 1.54) is 0 Å². The van der Waals surface area contributed by atoms with E-state index >= 15 is 0 Å². The number of unbranched alkanes of at least 4 members (excludes halogenated alkanes) is 2. The topological polar surface area (TPSA) is 94.0 Å². The first-order valence-electron chi connectivity index (χ1n) is 13.0. The fourth-order valence-electron chi connectivity index (χ4n) is 4.26. The van der Waals surface area contributed by atoms with Gasteiger partial charge in [0.2, 0.25) is 0 Å². The zero-order valence-corrected chi connectivity index (χ0v) is 23.5.